The van der Waals surface area contributed by atoms with Gasteiger partial charge in [0.05, 0.1) is 4.90 Å². The average molecular weight is 440 g/mol. The number of sulfonamides is 1. The lowest BCUT2D eigenvalue weighted by molar-refractivity contribution is -0.130. The van der Waals surface area contributed by atoms with Crippen molar-refractivity contribution in [2.45, 2.75) is 17.9 Å². The van der Waals surface area contributed by atoms with Crippen molar-refractivity contribution >= 4 is 32.6 Å². The van der Waals surface area contributed by atoms with Crippen molar-refractivity contribution in [3.63, 3.8) is 0 Å². The molecule has 162 valence electrons. The van der Waals surface area contributed by atoms with Gasteiger partial charge in [0.1, 0.15) is 0 Å². The first-order valence-electron chi connectivity index (χ1n) is 9.83. The number of hydrogen-bond acceptors (Lipinski definition) is 4. The van der Waals surface area contributed by atoms with Crippen LogP contribution in [-0.2, 0) is 21.4 Å². The number of nitrogens with zero attached hydrogens (tertiary/aromatic N) is 1. The molecule has 2 N–H and O–H groups in total. The largest absolute Gasteiger partial charge is 0.355 e. The topological polar surface area (TPSA) is 95.6 Å². The molecule has 31 heavy (non-hydrogen) atoms. The molecule has 8 heteroatoms. The molecule has 0 radical (unpaired) electrons. The lowest BCUT2D eigenvalue weighted by atomic mass is 10.1. The quantitative estimate of drug-likeness (QED) is 0.564. The Balaban J connectivity index is 1.54. The first-order valence-corrected chi connectivity index (χ1v) is 11.3. The summed E-state index contributed by atoms with van der Waals surface area (Å²) < 4.78 is 27.6. The van der Waals surface area contributed by atoms with Gasteiger partial charge in [0.15, 0.2) is 0 Å². The number of hydrogen-bond donors (Lipinski definition) is 2. The van der Waals surface area contributed by atoms with Crippen LogP contribution in [0.25, 0.3) is 10.8 Å². The average Bonchev–Trinajstić information content (AvgIpc) is 2.78. The summed E-state index contributed by atoms with van der Waals surface area (Å²) in [5, 5.41) is 4.35. The Morgan fingerprint density at radius 3 is 2.29 bits per heavy atom. The molecular weight excluding hydrogens is 414 g/mol. The van der Waals surface area contributed by atoms with E-state index in [0.717, 1.165) is 16.3 Å². The Kier molecular flexibility index (Phi) is 7.04. The summed E-state index contributed by atoms with van der Waals surface area (Å²) in [6.07, 6.45) is 0.0413. The molecule has 0 saturated carbocycles. The molecule has 3 rings (SSSR count). The monoisotopic (exact) mass is 439 g/mol. The van der Waals surface area contributed by atoms with Crippen LogP contribution >= 0.6 is 0 Å². The first-order chi connectivity index (χ1) is 14.8. The summed E-state index contributed by atoms with van der Waals surface area (Å²) in [5.74, 6) is -0.355. The molecule has 0 spiro atoms. The summed E-state index contributed by atoms with van der Waals surface area (Å²) in [4.78, 5) is 25.7. The Morgan fingerprint density at radius 2 is 1.61 bits per heavy atom. The fraction of sp³-hybridized carbons (Fsp3) is 0.217. The molecule has 0 atom stereocenters. The lowest BCUT2D eigenvalue weighted by Crippen LogP contribution is -2.32. The van der Waals surface area contributed by atoms with E-state index in [0.29, 0.717) is 12.1 Å². The highest BCUT2D eigenvalue weighted by Gasteiger charge is 2.16. The molecule has 0 aliphatic carbocycles. The molecule has 3 aromatic carbocycles. The van der Waals surface area contributed by atoms with E-state index < -0.39 is 10.0 Å². The fourth-order valence-electron chi connectivity index (χ4n) is 3.17. The molecule has 7 nitrogen and oxygen atoms in total. The third kappa shape index (κ3) is 5.68. The second-order valence-corrected chi connectivity index (χ2v) is 8.95. The molecule has 0 aromatic heterocycles. The van der Waals surface area contributed by atoms with Crippen LogP contribution in [0.1, 0.15) is 22.3 Å². The van der Waals surface area contributed by atoms with Gasteiger partial charge in [-0.15, -0.1) is 0 Å². The smallest absolute Gasteiger partial charge is 0.251 e. The minimum Gasteiger partial charge on any atom is -0.355 e. The number of rotatable bonds is 8. The number of benzene rings is 3. The van der Waals surface area contributed by atoms with Crippen molar-refractivity contribution in [1.82, 2.24) is 14.9 Å². The van der Waals surface area contributed by atoms with Gasteiger partial charge in [-0.1, -0.05) is 42.5 Å². The fourth-order valence-corrected chi connectivity index (χ4v) is 4.24. The van der Waals surface area contributed by atoms with Crippen LogP contribution in [0.4, 0.5) is 0 Å². The summed E-state index contributed by atoms with van der Waals surface area (Å²) in [6.45, 7) is 0.373. The van der Waals surface area contributed by atoms with E-state index in [1.54, 1.807) is 56.6 Å². The summed E-state index contributed by atoms with van der Waals surface area (Å²) in [5.41, 5.74) is 1.42. The van der Waals surface area contributed by atoms with Gasteiger partial charge in [-0.05, 0) is 40.6 Å². The highest BCUT2D eigenvalue weighted by Crippen LogP contribution is 2.18. The van der Waals surface area contributed by atoms with Gasteiger partial charge in [0, 0.05) is 39.2 Å². The zero-order chi connectivity index (χ0) is 22.4. The normalized spacial score (nSPS) is 11.3. The number of amides is 2. The molecule has 0 aliphatic rings. The van der Waals surface area contributed by atoms with Gasteiger partial charge in [-0.25, -0.2) is 13.1 Å². The maximum absolute atomic E-state index is 12.6. The van der Waals surface area contributed by atoms with E-state index >= 15 is 0 Å². The van der Waals surface area contributed by atoms with Crippen molar-refractivity contribution in [1.29, 1.82) is 0 Å². The zero-order valence-corrected chi connectivity index (χ0v) is 18.3. The Morgan fingerprint density at radius 1 is 0.935 bits per heavy atom. The highest BCUT2D eigenvalue weighted by atomic mass is 32.2. The number of nitrogens with one attached hydrogen (secondary N) is 2. The van der Waals surface area contributed by atoms with Gasteiger partial charge in [0.25, 0.3) is 5.91 Å². The molecule has 2 amide bonds. The van der Waals surface area contributed by atoms with E-state index in [2.05, 4.69) is 10.0 Å². The zero-order valence-electron chi connectivity index (χ0n) is 17.5. The summed E-state index contributed by atoms with van der Waals surface area (Å²) in [6, 6.07) is 19.4. The van der Waals surface area contributed by atoms with Gasteiger partial charge in [-0.2, -0.15) is 0 Å². The van der Waals surface area contributed by atoms with Crippen molar-refractivity contribution < 1.29 is 18.0 Å². The molecule has 0 aliphatic heterocycles. The van der Waals surface area contributed by atoms with E-state index in [1.165, 1.54) is 4.90 Å². The molecule has 3 aromatic rings. The second-order valence-electron chi connectivity index (χ2n) is 7.18. The molecule has 0 heterocycles. The maximum atomic E-state index is 12.6. The lowest BCUT2D eigenvalue weighted by Gasteiger charge is -2.17. The summed E-state index contributed by atoms with van der Waals surface area (Å²) in [7, 11) is -0.480. The van der Waals surface area contributed by atoms with Crippen LogP contribution < -0.4 is 10.0 Å². The van der Waals surface area contributed by atoms with Crippen molar-refractivity contribution in [2.75, 3.05) is 20.6 Å². The highest BCUT2D eigenvalue weighted by molar-refractivity contribution is 7.89. The Bertz CT molecular complexity index is 1190. The van der Waals surface area contributed by atoms with Crippen LogP contribution in [0.3, 0.4) is 0 Å². The first kappa shape index (κ1) is 22.5. The predicted octanol–water partition coefficient (Wildman–Crippen LogP) is 2.53. The summed E-state index contributed by atoms with van der Waals surface area (Å²) >= 11 is 0. The molecule has 0 bridgehead atoms. The van der Waals surface area contributed by atoms with Gasteiger partial charge >= 0.3 is 0 Å². The van der Waals surface area contributed by atoms with E-state index in [-0.39, 0.29) is 29.7 Å². The molecule has 0 unspecified atom stereocenters. The number of carbonyl (C=O) groups excluding carboxylic acids is 2. The van der Waals surface area contributed by atoms with Crippen molar-refractivity contribution in [2.24, 2.45) is 0 Å². The maximum Gasteiger partial charge on any atom is 0.251 e. The van der Waals surface area contributed by atoms with Gasteiger partial charge in [-0.3, -0.25) is 9.59 Å². The van der Waals surface area contributed by atoms with E-state index in [4.69, 9.17) is 0 Å². The Labute approximate surface area is 182 Å². The van der Waals surface area contributed by atoms with Crippen LogP contribution in [0.15, 0.2) is 71.6 Å². The van der Waals surface area contributed by atoms with Crippen molar-refractivity contribution in [3.8, 4) is 0 Å². The second kappa shape index (κ2) is 9.72. The minimum atomic E-state index is -3.71. The Hall–Kier alpha value is -3.23. The standard InChI is InChI=1S/C23H25N3O4S/c1-24-23(28)19-9-7-17(8-10-19)16-26(2)22(27)13-14-25-31(29,30)21-12-11-18-5-3-4-6-20(18)15-21/h3-12,15,25H,13-14,16H2,1-2H3,(H,24,28). The number of carbonyl (C=O) groups is 2. The van der Waals surface area contributed by atoms with Gasteiger partial charge < -0.3 is 10.2 Å². The van der Waals surface area contributed by atoms with Crippen LogP contribution in [0.2, 0.25) is 0 Å². The SMILES string of the molecule is CNC(=O)c1ccc(CN(C)C(=O)CCNS(=O)(=O)c2ccc3ccccc3c2)cc1. The molecule has 0 fully saturated rings. The van der Waals surface area contributed by atoms with Crippen molar-refractivity contribution in [3.05, 3.63) is 77.9 Å². The van der Waals surface area contributed by atoms with Crippen LogP contribution in [0.5, 0.6) is 0 Å². The predicted molar refractivity (Wildman–Crippen MR) is 120 cm³/mol. The molecular formula is C23H25N3O4S. The van der Waals surface area contributed by atoms with E-state index in [1.807, 2.05) is 24.3 Å². The van der Waals surface area contributed by atoms with Crippen LogP contribution in [0, 0.1) is 0 Å². The third-order valence-electron chi connectivity index (χ3n) is 4.95. The van der Waals surface area contributed by atoms with E-state index in [9.17, 15) is 18.0 Å². The molecule has 0 saturated heterocycles. The third-order valence-corrected chi connectivity index (χ3v) is 6.41. The minimum absolute atomic E-state index is 0.00788. The van der Waals surface area contributed by atoms with Gasteiger partial charge in [0.2, 0.25) is 15.9 Å². The number of fused-ring (bicyclic) bond motifs is 1. The van der Waals surface area contributed by atoms with Crippen LogP contribution in [-0.4, -0.2) is 45.8 Å².